The molecule has 0 spiro atoms. The minimum atomic E-state index is 0.676. The molecule has 0 N–H and O–H groups in total. The van der Waals surface area contributed by atoms with Crippen LogP contribution in [0.1, 0.15) is 24.5 Å². The number of fused-ring (bicyclic) bond motifs is 1. The third-order valence-electron chi connectivity index (χ3n) is 2.64. The van der Waals surface area contributed by atoms with E-state index >= 15 is 0 Å². The van der Waals surface area contributed by atoms with Gasteiger partial charge in [0.05, 0.1) is 5.69 Å². The SMILES string of the molecule is Cn1nc(C2CC2)c2cc(Br)cnc21. The van der Waals surface area contributed by atoms with Crippen LogP contribution in [0.4, 0.5) is 0 Å². The first-order valence-corrected chi connectivity index (χ1v) is 5.53. The van der Waals surface area contributed by atoms with Crippen molar-refractivity contribution in [2.75, 3.05) is 0 Å². The van der Waals surface area contributed by atoms with Crippen LogP contribution in [0.2, 0.25) is 0 Å². The fourth-order valence-electron chi connectivity index (χ4n) is 1.80. The van der Waals surface area contributed by atoms with E-state index in [4.69, 9.17) is 0 Å². The summed E-state index contributed by atoms with van der Waals surface area (Å²) in [5.74, 6) is 0.676. The molecule has 0 amide bonds. The molecule has 1 saturated carbocycles. The van der Waals surface area contributed by atoms with Crippen LogP contribution in [0.15, 0.2) is 16.7 Å². The van der Waals surface area contributed by atoms with Crippen LogP contribution in [-0.4, -0.2) is 14.8 Å². The van der Waals surface area contributed by atoms with Crippen molar-refractivity contribution in [3.8, 4) is 0 Å². The van der Waals surface area contributed by atoms with Crippen molar-refractivity contribution in [2.45, 2.75) is 18.8 Å². The van der Waals surface area contributed by atoms with Crippen molar-refractivity contribution in [3.63, 3.8) is 0 Å². The number of aryl methyl sites for hydroxylation is 1. The van der Waals surface area contributed by atoms with Gasteiger partial charge in [-0.15, -0.1) is 0 Å². The number of pyridine rings is 1. The first kappa shape index (κ1) is 8.41. The molecule has 0 saturated heterocycles. The smallest absolute Gasteiger partial charge is 0.157 e. The van der Waals surface area contributed by atoms with Gasteiger partial charge < -0.3 is 0 Å². The number of hydrogen-bond acceptors (Lipinski definition) is 2. The Balaban J connectivity index is 2.33. The molecule has 1 aliphatic carbocycles. The number of rotatable bonds is 1. The zero-order chi connectivity index (χ0) is 9.71. The van der Waals surface area contributed by atoms with Gasteiger partial charge in [-0.1, -0.05) is 0 Å². The highest BCUT2D eigenvalue weighted by molar-refractivity contribution is 9.10. The predicted molar refractivity (Wildman–Crippen MR) is 58.2 cm³/mol. The van der Waals surface area contributed by atoms with E-state index in [0.29, 0.717) is 5.92 Å². The average Bonchev–Trinajstić information content (AvgIpc) is 2.93. The average molecular weight is 252 g/mol. The van der Waals surface area contributed by atoms with Gasteiger partial charge in [0.2, 0.25) is 0 Å². The minimum Gasteiger partial charge on any atom is -0.250 e. The van der Waals surface area contributed by atoms with Gasteiger partial charge in [-0.2, -0.15) is 5.10 Å². The molecule has 0 atom stereocenters. The molecule has 2 aromatic rings. The monoisotopic (exact) mass is 251 g/mol. The van der Waals surface area contributed by atoms with Crippen LogP contribution in [0, 0.1) is 0 Å². The number of aromatic nitrogens is 3. The molecule has 3 rings (SSSR count). The van der Waals surface area contributed by atoms with Crippen molar-refractivity contribution in [1.82, 2.24) is 14.8 Å². The maximum Gasteiger partial charge on any atom is 0.157 e. The van der Waals surface area contributed by atoms with Gasteiger partial charge in [0.1, 0.15) is 0 Å². The fraction of sp³-hybridized carbons (Fsp3) is 0.400. The van der Waals surface area contributed by atoms with E-state index in [2.05, 4.69) is 32.1 Å². The lowest BCUT2D eigenvalue weighted by Crippen LogP contribution is -1.91. The Hall–Kier alpha value is -0.900. The zero-order valence-electron chi connectivity index (χ0n) is 7.87. The summed E-state index contributed by atoms with van der Waals surface area (Å²) >= 11 is 3.45. The predicted octanol–water partition coefficient (Wildman–Crippen LogP) is 2.61. The topological polar surface area (TPSA) is 30.7 Å². The second kappa shape index (κ2) is 2.79. The molecule has 0 bridgehead atoms. The fourth-order valence-corrected chi connectivity index (χ4v) is 2.13. The molecule has 72 valence electrons. The molecule has 0 radical (unpaired) electrons. The molecule has 1 fully saturated rings. The van der Waals surface area contributed by atoms with Crippen LogP contribution in [0.3, 0.4) is 0 Å². The second-order valence-electron chi connectivity index (χ2n) is 3.81. The molecule has 2 heterocycles. The van der Waals surface area contributed by atoms with E-state index in [9.17, 15) is 0 Å². The summed E-state index contributed by atoms with van der Waals surface area (Å²) < 4.78 is 2.90. The first-order chi connectivity index (χ1) is 6.75. The quantitative estimate of drug-likeness (QED) is 0.781. The Morgan fingerprint density at radius 1 is 1.50 bits per heavy atom. The van der Waals surface area contributed by atoms with Gasteiger partial charge in [-0.25, -0.2) is 4.98 Å². The third kappa shape index (κ3) is 1.17. The Morgan fingerprint density at radius 2 is 2.29 bits per heavy atom. The Bertz CT molecular complexity index is 499. The highest BCUT2D eigenvalue weighted by atomic mass is 79.9. The molecular formula is C10H10BrN3. The molecule has 2 aromatic heterocycles. The summed E-state index contributed by atoms with van der Waals surface area (Å²) in [7, 11) is 1.95. The van der Waals surface area contributed by atoms with E-state index in [-0.39, 0.29) is 0 Å². The first-order valence-electron chi connectivity index (χ1n) is 4.74. The molecule has 3 nitrogen and oxygen atoms in total. The standard InChI is InChI=1S/C10H10BrN3/c1-14-10-8(4-7(11)5-12-10)9(13-14)6-2-3-6/h4-6H,2-3H2,1H3. The molecule has 4 heteroatoms. The maximum absolute atomic E-state index is 4.53. The van der Waals surface area contributed by atoms with Crippen LogP contribution in [0.25, 0.3) is 11.0 Å². The molecular weight excluding hydrogens is 242 g/mol. The van der Waals surface area contributed by atoms with E-state index in [0.717, 1.165) is 10.1 Å². The Labute approximate surface area is 90.3 Å². The van der Waals surface area contributed by atoms with Crippen molar-refractivity contribution in [3.05, 3.63) is 22.4 Å². The number of hydrogen-bond donors (Lipinski definition) is 0. The van der Waals surface area contributed by atoms with Crippen molar-refractivity contribution in [2.24, 2.45) is 7.05 Å². The van der Waals surface area contributed by atoms with Gasteiger partial charge in [-0.05, 0) is 34.8 Å². The largest absolute Gasteiger partial charge is 0.250 e. The molecule has 1 aliphatic rings. The van der Waals surface area contributed by atoms with Crippen LogP contribution in [-0.2, 0) is 7.05 Å². The lowest BCUT2D eigenvalue weighted by atomic mass is 10.2. The summed E-state index contributed by atoms with van der Waals surface area (Å²) in [6, 6.07) is 2.11. The lowest BCUT2D eigenvalue weighted by molar-refractivity contribution is 0.759. The van der Waals surface area contributed by atoms with Crippen molar-refractivity contribution in [1.29, 1.82) is 0 Å². The Kier molecular flexibility index (Phi) is 1.68. The molecule has 0 aromatic carbocycles. The molecule has 14 heavy (non-hydrogen) atoms. The van der Waals surface area contributed by atoms with Gasteiger partial charge in [0.25, 0.3) is 0 Å². The van der Waals surface area contributed by atoms with Crippen LogP contribution in [0.5, 0.6) is 0 Å². The number of halogens is 1. The minimum absolute atomic E-state index is 0.676. The van der Waals surface area contributed by atoms with Gasteiger partial charge in [0, 0.05) is 29.0 Å². The second-order valence-corrected chi connectivity index (χ2v) is 4.72. The van der Waals surface area contributed by atoms with E-state index < -0.39 is 0 Å². The highest BCUT2D eigenvalue weighted by Gasteiger charge is 2.28. The van der Waals surface area contributed by atoms with Gasteiger partial charge in [0.15, 0.2) is 5.65 Å². The van der Waals surface area contributed by atoms with E-state index in [1.165, 1.54) is 23.9 Å². The third-order valence-corrected chi connectivity index (χ3v) is 3.07. The van der Waals surface area contributed by atoms with Crippen molar-refractivity contribution >= 4 is 27.0 Å². The number of nitrogens with zero attached hydrogens (tertiary/aromatic N) is 3. The summed E-state index contributed by atoms with van der Waals surface area (Å²) in [5, 5.41) is 5.72. The van der Waals surface area contributed by atoms with Gasteiger partial charge >= 0.3 is 0 Å². The molecule has 0 unspecified atom stereocenters. The normalized spacial score (nSPS) is 16.4. The summed E-state index contributed by atoms with van der Waals surface area (Å²) in [6.07, 6.45) is 4.37. The lowest BCUT2D eigenvalue weighted by Gasteiger charge is -1.93. The zero-order valence-corrected chi connectivity index (χ0v) is 9.45. The Morgan fingerprint density at radius 3 is 3.00 bits per heavy atom. The highest BCUT2D eigenvalue weighted by Crippen LogP contribution is 2.42. The maximum atomic E-state index is 4.53. The van der Waals surface area contributed by atoms with Crippen LogP contribution >= 0.6 is 15.9 Å². The van der Waals surface area contributed by atoms with Crippen LogP contribution < -0.4 is 0 Å². The van der Waals surface area contributed by atoms with E-state index in [1.54, 1.807) is 0 Å². The van der Waals surface area contributed by atoms with Crippen molar-refractivity contribution < 1.29 is 0 Å². The summed E-state index contributed by atoms with van der Waals surface area (Å²) in [6.45, 7) is 0. The molecule has 0 aliphatic heterocycles. The summed E-state index contributed by atoms with van der Waals surface area (Å²) in [5.41, 5.74) is 2.20. The summed E-state index contributed by atoms with van der Waals surface area (Å²) in [4.78, 5) is 4.36. The van der Waals surface area contributed by atoms with Gasteiger partial charge in [-0.3, -0.25) is 4.68 Å². The van der Waals surface area contributed by atoms with E-state index in [1.807, 2.05) is 17.9 Å².